The summed E-state index contributed by atoms with van der Waals surface area (Å²) in [7, 11) is 0. The lowest BCUT2D eigenvalue weighted by molar-refractivity contribution is 0.214. The number of nitrogens with zero attached hydrogens (tertiary/aromatic N) is 1. The maximum atomic E-state index is 3.56. The third-order valence-electron chi connectivity index (χ3n) is 2.80. The zero-order valence-corrected chi connectivity index (χ0v) is 13.8. The quantitative estimate of drug-likeness (QED) is 0.632. The molecule has 0 rings (SSSR count). The second-order valence-electron chi connectivity index (χ2n) is 7.43. The van der Waals surface area contributed by atoms with E-state index in [0.29, 0.717) is 0 Å². The average molecular weight is 256 g/mol. The molecule has 0 aromatic carbocycles. The molecule has 0 amide bonds. The number of hydrogen-bond donors (Lipinski definition) is 1. The van der Waals surface area contributed by atoms with Crippen molar-refractivity contribution in [1.82, 2.24) is 10.2 Å². The lowest BCUT2D eigenvalue weighted by Gasteiger charge is -2.26. The van der Waals surface area contributed by atoms with Crippen LogP contribution >= 0.6 is 0 Å². The van der Waals surface area contributed by atoms with E-state index in [0.717, 1.165) is 18.4 Å². The van der Waals surface area contributed by atoms with Gasteiger partial charge in [-0.2, -0.15) is 0 Å². The molecule has 0 radical (unpaired) electrons. The van der Waals surface area contributed by atoms with Gasteiger partial charge in [0.1, 0.15) is 0 Å². The highest BCUT2D eigenvalue weighted by atomic mass is 15.1. The largest absolute Gasteiger partial charge is 0.312 e. The van der Waals surface area contributed by atoms with E-state index in [2.05, 4.69) is 58.7 Å². The molecule has 18 heavy (non-hydrogen) atoms. The van der Waals surface area contributed by atoms with Crippen molar-refractivity contribution in [2.45, 2.75) is 66.8 Å². The summed E-state index contributed by atoms with van der Waals surface area (Å²) >= 11 is 0. The standard InChI is InChI=1S/C16H36N2/c1-14(2)12-18(13-15(3)4)11-9-8-10-17-16(5,6)7/h14-15,17H,8-13H2,1-7H3. The van der Waals surface area contributed by atoms with Crippen LogP contribution in [0.2, 0.25) is 0 Å². The van der Waals surface area contributed by atoms with Crippen LogP contribution in [-0.2, 0) is 0 Å². The van der Waals surface area contributed by atoms with Crippen molar-refractivity contribution in [3.63, 3.8) is 0 Å². The molecule has 0 saturated carbocycles. The Labute approximate surface area is 116 Å². The van der Waals surface area contributed by atoms with Gasteiger partial charge in [-0.3, -0.25) is 0 Å². The Bertz CT molecular complexity index is 182. The SMILES string of the molecule is CC(C)CN(CCCCNC(C)(C)C)CC(C)C. The third kappa shape index (κ3) is 12.4. The smallest absolute Gasteiger partial charge is 0.00965 e. The van der Waals surface area contributed by atoms with Crippen LogP contribution in [0.15, 0.2) is 0 Å². The lowest BCUT2D eigenvalue weighted by atomic mass is 10.1. The van der Waals surface area contributed by atoms with Crippen LogP contribution in [0.25, 0.3) is 0 Å². The fourth-order valence-corrected chi connectivity index (χ4v) is 2.21. The molecule has 0 unspecified atom stereocenters. The van der Waals surface area contributed by atoms with Crippen molar-refractivity contribution in [1.29, 1.82) is 0 Å². The van der Waals surface area contributed by atoms with E-state index in [9.17, 15) is 0 Å². The maximum Gasteiger partial charge on any atom is 0.00965 e. The first-order valence-electron chi connectivity index (χ1n) is 7.68. The molecular formula is C16H36N2. The summed E-state index contributed by atoms with van der Waals surface area (Å²) in [4.78, 5) is 2.63. The van der Waals surface area contributed by atoms with Gasteiger partial charge in [0.25, 0.3) is 0 Å². The molecule has 0 aromatic rings. The molecular weight excluding hydrogens is 220 g/mol. The van der Waals surface area contributed by atoms with E-state index in [1.807, 2.05) is 0 Å². The predicted octanol–water partition coefficient (Wildman–Crippen LogP) is 3.77. The van der Waals surface area contributed by atoms with Gasteiger partial charge in [0.05, 0.1) is 0 Å². The van der Waals surface area contributed by atoms with Crippen LogP contribution in [-0.4, -0.2) is 36.6 Å². The minimum Gasteiger partial charge on any atom is -0.312 e. The first-order chi connectivity index (χ1) is 8.20. The minimum absolute atomic E-state index is 0.259. The van der Waals surface area contributed by atoms with E-state index in [4.69, 9.17) is 0 Å². The Kier molecular flexibility index (Phi) is 8.89. The van der Waals surface area contributed by atoms with Crippen LogP contribution in [0.5, 0.6) is 0 Å². The summed E-state index contributed by atoms with van der Waals surface area (Å²) in [5, 5.41) is 3.56. The van der Waals surface area contributed by atoms with E-state index in [-0.39, 0.29) is 5.54 Å². The van der Waals surface area contributed by atoms with Gasteiger partial charge in [-0.25, -0.2) is 0 Å². The molecule has 1 N–H and O–H groups in total. The van der Waals surface area contributed by atoms with Crippen molar-refractivity contribution in [2.75, 3.05) is 26.2 Å². The zero-order valence-electron chi connectivity index (χ0n) is 13.8. The van der Waals surface area contributed by atoms with Crippen LogP contribution in [0.1, 0.15) is 61.3 Å². The van der Waals surface area contributed by atoms with Crippen LogP contribution in [0.4, 0.5) is 0 Å². The first-order valence-corrected chi connectivity index (χ1v) is 7.68. The normalized spacial score (nSPS) is 13.0. The molecule has 0 aromatic heterocycles. The molecule has 0 saturated heterocycles. The van der Waals surface area contributed by atoms with Crippen molar-refractivity contribution >= 4 is 0 Å². The summed E-state index contributed by atoms with van der Waals surface area (Å²) in [5.41, 5.74) is 0.259. The molecule has 0 atom stereocenters. The zero-order chi connectivity index (χ0) is 14.2. The lowest BCUT2D eigenvalue weighted by Crippen LogP contribution is -2.37. The van der Waals surface area contributed by atoms with Gasteiger partial charge in [0.2, 0.25) is 0 Å². The van der Waals surface area contributed by atoms with Crippen molar-refractivity contribution in [2.24, 2.45) is 11.8 Å². The van der Waals surface area contributed by atoms with Crippen LogP contribution in [0, 0.1) is 11.8 Å². The van der Waals surface area contributed by atoms with Gasteiger partial charge in [-0.15, -0.1) is 0 Å². The summed E-state index contributed by atoms with van der Waals surface area (Å²) in [6.07, 6.45) is 2.59. The van der Waals surface area contributed by atoms with Gasteiger partial charge in [0.15, 0.2) is 0 Å². The van der Waals surface area contributed by atoms with Crippen molar-refractivity contribution in [3.05, 3.63) is 0 Å². The molecule has 0 heterocycles. The molecule has 110 valence electrons. The van der Waals surface area contributed by atoms with Crippen molar-refractivity contribution in [3.8, 4) is 0 Å². The maximum absolute atomic E-state index is 3.56. The van der Waals surface area contributed by atoms with Gasteiger partial charge in [0, 0.05) is 18.6 Å². The van der Waals surface area contributed by atoms with Gasteiger partial charge >= 0.3 is 0 Å². The van der Waals surface area contributed by atoms with E-state index >= 15 is 0 Å². The summed E-state index contributed by atoms with van der Waals surface area (Å²) < 4.78 is 0. The number of rotatable bonds is 9. The molecule has 2 nitrogen and oxygen atoms in total. The molecule has 0 bridgehead atoms. The fraction of sp³-hybridized carbons (Fsp3) is 1.00. The van der Waals surface area contributed by atoms with E-state index in [1.54, 1.807) is 0 Å². The summed E-state index contributed by atoms with van der Waals surface area (Å²) in [6.45, 7) is 20.8. The molecule has 0 aliphatic rings. The number of hydrogen-bond acceptors (Lipinski definition) is 2. The predicted molar refractivity (Wildman–Crippen MR) is 83.1 cm³/mol. The van der Waals surface area contributed by atoms with Gasteiger partial charge in [-0.05, 0) is 58.5 Å². The first kappa shape index (κ1) is 17.9. The Morgan fingerprint density at radius 1 is 0.889 bits per heavy atom. The Morgan fingerprint density at radius 3 is 1.78 bits per heavy atom. The topological polar surface area (TPSA) is 15.3 Å². The Balaban J connectivity index is 3.75. The van der Waals surface area contributed by atoms with Gasteiger partial charge < -0.3 is 10.2 Å². The Morgan fingerprint density at radius 2 is 1.39 bits per heavy atom. The molecule has 0 aliphatic carbocycles. The second kappa shape index (κ2) is 8.92. The molecule has 0 aliphatic heterocycles. The highest BCUT2D eigenvalue weighted by Gasteiger charge is 2.10. The highest BCUT2D eigenvalue weighted by molar-refractivity contribution is 4.70. The second-order valence-corrected chi connectivity index (χ2v) is 7.43. The fourth-order valence-electron chi connectivity index (χ4n) is 2.21. The molecule has 2 heteroatoms. The third-order valence-corrected chi connectivity index (χ3v) is 2.80. The number of unbranched alkanes of at least 4 members (excludes halogenated alkanes) is 1. The van der Waals surface area contributed by atoms with Crippen molar-refractivity contribution < 1.29 is 0 Å². The highest BCUT2D eigenvalue weighted by Crippen LogP contribution is 2.06. The number of nitrogens with one attached hydrogen (secondary N) is 1. The summed E-state index contributed by atoms with van der Waals surface area (Å²) in [5.74, 6) is 1.55. The minimum atomic E-state index is 0.259. The monoisotopic (exact) mass is 256 g/mol. The van der Waals surface area contributed by atoms with E-state index in [1.165, 1.54) is 32.5 Å². The molecule has 0 spiro atoms. The Hall–Kier alpha value is -0.0800. The van der Waals surface area contributed by atoms with Gasteiger partial charge in [-0.1, -0.05) is 27.7 Å². The molecule has 0 fully saturated rings. The summed E-state index contributed by atoms with van der Waals surface area (Å²) in [6, 6.07) is 0. The average Bonchev–Trinajstić information content (AvgIpc) is 2.12. The van der Waals surface area contributed by atoms with Crippen LogP contribution in [0.3, 0.4) is 0 Å². The van der Waals surface area contributed by atoms with Crippen LogP contribution < -0.4 is 5.32 Å². The van der Waals surface area contributed by atoms with E-state index < -0.39 is 0 Å².